The van der Waals surface area contributed by atoms with Crippen LogP contribution < -0.4 is 5.32 Å². The van der Waals surface area contributed by atoms with Crippen LogP contribution in [0.3, 0.4) is 0 Å². The Morgan fingerprint density at radius 2 is 2.18 bits per heavy atom. The maximum absolute atomic E-state index is 12.4. The zero-order valence-corrected chi connectivity index (χ0v) is 12.9. The van der Waals surface area contributed by atoms with Crippen molar-refractivity contribution in [3.8, 4) is 5.69 Å². The molecule has 0 aliphatic rings. The highest BCUT2D eigenvalue weighted by atomic mass is 79.9. The van der Waals surface area contributed by atoms with Gasteiger partial charge in [-0.1, -0.05) is 22.0 Å². The predicted molar refractivity (Wildman–Crippen MR) is 82.3 cm³/mol. The van der Waals surface area contributed by atoms with Gasteiger partial charge in [0.05, 0.1) is 23.5 Å². The van der Waals surface area contributed by atoms with Crippen LogP contribution in [-0.4, -0.2) is 31.1 Å². The summed E-state index contributed by atoms with van der Waals surface area (Å²) in [5, 5.41) is 13.9. The van der Waals surface area contributed by atoms with Crippen LogP contribution in [-0.2, 0) is 6.54 Å². The molecule has 0 bridgehead atoms. The van der Waals surface area contributed by atoms with Crippen molar-refractivity contribution in [1.82, 2.24) is 30.5 Å². The molecule has 0 spiro atoms. The Bertz CT molecular complexity index is 775. The van der Waals surface area contributed by atoms with Crippen molar-refractivity contribution in [2.24, 2.45) is 0 Å². The first-order valence-corrected chi connectivity index (χ1v) is 7.24. The van der Waals surface area contributed by atoms with E-state index in [0.717, 1.165) is 10.2 Å². The standard InChI is InChI=1S/C14H11BrN6O/c15-10-4-5-13(21-9-18-19-20-21)12(7-10)14(22)17-8-11-3-1-2-6-16-11/h1-7,9H,8H2,(H,17,22). The highest BCUT2D eigenvalue weighted by Crippen LogP contribution is 2.19. The van der Waals surface area contributed by atoms with Crippen LogP contribution in [0, 0.1) is 0 Å². The normalized spacial score (nSPS) is 10.4. The fourth-order valence-electron chi connectivity index (χ4n) is 1.93. The minimum atomic E-state index is -0.225. The quantitative estimate of drug-likeness (QED) is 0.767. The maximum Gasteiger partial charge on any atom is 0.253 e. The number of carbonyl (C=O) groups excluding carboxylic acids is 1. The number of halogens is 1. The minimum absolute atomic E-state index is 0.225. The first-order valence-electron chi connectivity index (χ1n) is 6.45. The highest BCUT2D eigenvalue weighted by molar-refractivity contribution is 9.10. The van der Waals surface area contributed by atoms with E-state index in [-0.39, 0.29) is 5.91 Å². The summed E-state index contributed by atoms with van der Waals surface area (Å²) in [5.74, 6) is -0.225. The molecule has 1 N–H and O–H groups in total. The maximum atomic E-state index is 12.4. The molecule has 7 nitrogen and oxygen atoms in total. The summed E-state index contributed by atoms with van der Waals surface area (Å²) in [7, 11) is 0. The SMILES string of the molecule is O=C(NCc1ccccn1)c1cc(Br)ccc1-n1cnnn1. The number of rotatable bonds is 4. The number of nitrogens with one attached hydrogen (secondary N) is 1. The third-order valence-electron chi connectivity index (χ3n) is 2.96. The highest BCUT2D eigenvalue weighted by Gasteiger charge is 2.14. The Balaban J connectivity index is 1.84. The van der Waals surface area contributed by atoms with Gasteiger partial charge in [-0.3, -0.25) is 9.78 Å². The third kappa shape index (κ3) is 3.17. The van der Waals surface area contributed by atoms with Gasteiger partial charge in [-0.2, -0.15) is 4.68 Å². The number of amides is 1. The van der Waals surface area contributed by atoms with E-state index in [1.807, 2.05) is 24.3 Å². The van der Waals surface area contributed by atoms with E-state index in [4.69, 9.17) is 0 Å². The fraction of sp³-hybridized carbons (Fsp3) is 0.0714. The van der Waals surface area contributed by atoms with Crippen molar-refractivity contribution >= 4 is 21.8 Å². The first kappa shape index (κ1) is 14.3. The molecule has 0 fully saturated rings. The Hall–Kier alpha value is -2.61. The Morgan fingerprint density at radius 1 is 1.27 bits per heavy atom. The van der Waals surface area contributed by atoms with Gasteiger partial charge in [0.25, 0.3) is 5.91 Å². The van der Waals surface area contributed by atoms with Gasteiger partial charge in [0.1, 0.15) is 6.33 Å². The van der Waals surface area contributed by atoms with Gasteiger partial charge in [0, 0.05) is 10.7 Å². The van der Waals surface area contributed by atoms with E-state index < -0.39 is 0 Å². The van der Waals surface area contributed by atoms with E-state index in [2.05, 4.69) is 41.8 Å². The molecule has 0 aliphatic carbocycles. The zero-order valence-electron chi connectivity index (χ0n) is 11.3. The second-order valence-corrected chi connectivity index (χ2v) is 5.34. The Morgan fingerprint density at radius 3 is 2.91 bits per heavy atom. The third-order valence-corrected chi connectivity index (χ3v) is 3.45. The molecule has 2 aromatic heterocycles. The van der Waals surface area contributed by atoms with Crippen LogP contribution in [0.4, 0.5) is 0 Å². The summed E-state index contributed by atoms with van der Waals surface area (Å²) in [6, 6.07) is 10.9. The molecule has 8 heteroatoms. The number of hydrogen-bond acceptors (Lipinski definition) is 5. The zero-order chi connectivity index (χ0) is 15.4. The van der Waals surface area contributed by atoms with Crippen molar-refractivity contribution in [3.05, 3.63) is 64.7 Å². The summed E-state index contributed by atoms with van der Waals surface area (Å²) in [6.45, 7) is 0.348. The minimum Gasteiger partial charge on any atom is -0.346 e. The van der Waals surface area contributed by atoms with Gasteiger partial charge < -0.3 is 5.32 Å². The second kappa shape index (κ2) is 6.44. The summed E-state index contributed by atoms with van der Waals surface area (Å²) in [5.41, 5.74) is 1.86. The van der Waals surface area contributed by atoms with Crippen LogP contribution >= 0.6 is 15.9 Å². The van der Waals surface area contributed by atoms with Crippen LogP contribution in [0.5, 0.6) is 0 Å². The molecule has 0 unspecified atom stereocenters. The lowest BCUT2D eigenvalue weighted by Gasteiger charge is -2.10. The largest absolute Gasteiger partial charge is 0.346 e. The molecule has 110 valence electrons. The topological polar surface area (TPSA) is 85.6 Å². The smallest absolute Gasteiger partial charge is 0.253 e. The van der Waals surface area contributed by atoms with Crippen molar-refractivity contribution in [2.75, 3.05) is 0 Å². The van der Waals surface area contributed by atoms with Crippen molar-refractivity contribution < 1.29 is 4.79 Å². The molecule has 3 aromatic rings. The number of nitrogens with zero attached hydrogens (tertiary/aromatic N) is 5. The molecule has 0 aliphatic heterocycles. The van der Waals surface area contributed by atoms with Crippen LogP contribution in [0.2, 0.25) is 0 Å². The second-order valence-electron chi connectivity index (χ2n) is 4.42. The lowest BCUT2D eigenvalue weighted by atomic mass is 10.1. The van der Waals surface area contributed by atoms with E-state index in [0.29, 0.717) is 17.8 Å². The van der Waals surface area contributed by atoms with E-state index in [9.17, 15) is 4.79 Å². The molecule has 1 aromatic carbocycles. The number of pyridine rings is 1. The van der Waals surface area contributed by atoms with Gasteiger partial charge in [-0.25, -0.2) is 0 Å². The lowest BCUT2D eigenvalue weighted by Crippen LogP contribution is -2.24. The summed E-state index contributed by atoms with van der Waals surface area (Å²) >= 11 is 3.37. The van der Waals surface area contributed by atoms with Gasteiger partial charge >= 0.3 is 0 Å². The molecule has 3 rings (SSSR count). The summed E-state index contributed by atoms with van der Waals surface area (Å²) in [6.07, 6.45) is 3.13. The molecule has 22 heavy (non-hydrogen) atoms. The van der Waals surface area contributed by atoms with Crippen LogP contribution in [0.15, 0.2) is 53.4 Å². The van der Waals surface area contributed by atoms with Crippen LogP contribution in [0.1, 0.15) is 16.1 Å². The van der Waals surface area contributed by atoms with Gasteiger partial charge in [-0.15, -0.1) is 5.10 Å². The number of tetrazole rings is 1. The molecule has 0 radical (unpaired) electrons. The molecule has 0 atom stereocenters. The monoisotopic (exact) mass is 358 g/mol. The van der Waals surface area contributed by atoms with Crippen LogP contribution in [0.25, 0.3) is 5.69 Å². The average molecular weight is 359 g/mol. The van der Waals surface area contributed by atoms with Gasteiger partial charge in [0.2, 0.25) is 0 Å². The molecular weight excluding hydrogens is 348 g/mol. The van der Waals surface area contributed by atoms with E-state index >= 15 is 0 Å². The lowest BCUT2D eigenvalue weighted by molar-refractivity contribution is 0.0950. The van der Waals surface area contributed by atoms with E-state index in [1.165, 1.54) is 11.0 Å². The van der Waals surface area contributed by atoms with E-state index in [1.54, 1.807) is 18.3 Å². The molecule has 0 saturated heterocycles. The Kier molecular flexibility index (Phi) is 4.19. The predicted octanol–water partition coefficient (Wildman–Crippen LogP) is 1.75. The van der Waals surface area contributed by atoms with Gasteiger partial charge in [-0.05, 0) is 40.8 Å². The fourth-order valence-corrected chi connectivity index (χ4v) is 2.29. The molecule has 2 heterocycles. The number of hydrogen-bond donors (Lipinski definition) is 1. The van der Waals surface area contributed by atoms with Crippen molar-refractivity contribution in [2.45, 2.75) is 6.54 Å². The first-order chi connectivity index (χ1) is 10.7. The van der Waals surface area contributed by atoms with Gasteiger partial charge in [0.15, 0.2) is 0 Å². The number of carbonyl (C=O) groups is 1. The molecule has 0 saturated carbocycles. The number of benzene rings is 1. The Labute approximate surface area is 134 Å². The van der Waals surface area contributed by atoms with Crippen molar-refractivity contribution in [3.63, 3.8) is 0 Å². The number of aromatic nitrogens is 5. The van der Waals surface area contributed by atoms with Crippen molar-refractivity contribution in [1.29, 1.82) is 0 Å². The summed E-state index contributed by atoms with van der Waals surface area (Å²) in [4.78, 5) is 16.6. The summed E-state index contributed by atoms with van der Waals surface area (Å²) < 4.78 is 2.24. The molecular formula is C14H11BrN6O. The molecule has 1 amide bonds. The average Bonchev–Trinajstić information content (AvgIpc) is 3.08.